The predicted molar refractivity (Wildman–Crippen MR) is 75.3 cm³/mol. The predicted octanol–water partition coefficient (Wildman–Crippen LogP) is 4.00. The molecule has 0 bridgehead atoms. The summed E-state index contributed by atoms with van der Waals surface area (Å²) in [6.45, 7) is 1.99. The number of hydrogen-bond acceptors (Lipinski definition) is 2. The Hall–Kier alpha value is -1.61. The van der Waals surface area contributed by atoms with Crippen LogP contribution in [0.25, 0.3) is 0 Å². The fraction of sp³-hybridized carbons (Fsp3) is 0.133. The first-order valence-corrected chi connectivity index (χ1v) is 6.36. The van der Waals surface area contributed by atoms with Crippen LogP contribution in [0.2, 0.25) is 0 Å². The molecule has 2 aromatic carbocycles. The van der Waals surface area contributed by atoms with E-state index in [0.29, 0.717) is 16.9 Å². The zero-order valence-corrected chi connectivity index (χ0v) is 11.8. The van der Waals surface area contributed by atoms with Crippen LogP contribution in [0.15, 0.2) is 46.9 Å². The van der Waals surface area contributed by atoms with Gasteiger partial charge in [0.05, 0.1) is 12.7 Å². The number of benzene rings is 2. The minimum Gasteiger partial charge on any atom is -0.496 e. The van der Waals surface area contributed by atoms with Crippen molar-refractivity contribution in [2.24, 2.45) is 0 Å². The summed E-state index contributed by atoms with van der Waals surface area (Å²) >= 11 is 3.36. The van der Waals surface area contributed by atoms with Gasteiger partial charge in [0.2, 0.25) is 0 Å². The first-order valence-electron chi connectivity index (χ1n) is 5.56. The van der Waals surface area contributed by atoms with Gasteiger partial charge in [-0.25, -0.2) is 0 Å². The molecular weight excluding hydrogens is 292 g/mol. The molecule has 0 unspecified atom stereocenters. The summed E-state index contributed by atoms with van der Waals surface area (Å²) in [5, 5.41) is 0. The first-order chi connectivity index (χ1) is 8.61. The summed E-state index contributed by atoms with van der Waals surface area (Å²) in [6, 6.07) is 12.9. The highest BCUT2D eigenvalue weighted by atomic mass is 79.9. The van der Waals surface area contributed by atoms with Crippen molar-refractivity contribution in [1.82, 2.24) is 0 Å². The molecule has 0 heterocycles. The molecule has 0 spiro atoms. The first kappa shape index (κ1) is 12.8. The number of hydrogen-bond donors (Lipinski definition) is 0. The quantitative estimate of drug-likeness (QED) is 0.801. The topological polar surface area (TPSA) is 26.3 Å². The van der Waals surface area contributed by atoms with Crippen molar-refractivity contribution in [2.75, 3.05) is 7.11 Å². The third-order valence-corrected chi connectivity index (χ3v) is 3.22. The Labute approximate surface area is 115 Å². The van der Waals surface area contributed by atoms with E-state index < -0.39 is 0 Å². The highest BCUT2D eigenvalue weighted by Crippen LogP contribution is 2.25. The number of ether oxygens (including phenoxy) is 1. The molecule has 0 fully saturated rings. The number of aryl methyl sites for hydroxylation is 1. The van der Waals surface area contributed by atoms with Crippen molar-refractivity contribution in [1.29, 1.82) is 0 Å². The number of carbonyl (C=O) groups excluding carboxylic acids is 1. The van der Waals surface area contributed by atoms with Crippen LogP contribution in [0.4, 0.5) is 0 Å². The van der Waals surface area contributed by atoms with E-state index in [2.05, 4.69) is 15.9 Å². The third kappa shape index (κ3) is 2.62. The Balaban J connectivity index is 2.42. The Morgan fingerprint density at radius 2 is 1.78 bits per heavy atom. The maximum atomic E-state index is 12.4. The van der Waals surface area contributed by atoms with Gasteiger partial charge in [0.1, 0.15) is 5.75 Å². The average molecular weight is 305 g/mol. The molecule has 18 heavy (non-hydrogen) atoms. The van der Waals surface area contributed by atoms with Gasteiger partial charge in [0, 0.05) is 10.0 Å². The molecule has 0 aliphatic heterocycles. The van der Waals surface area contributed by atoms with Crippen molar-refractivity contribution in [3.8, 4) is 5.75 Å². The molecule has 0 atom stereocenters. The lowest BCUT2D eigenvalue weighted by molar-refractivity contribution is 0.103. The second-order valence-corrected chi connectivity index (χ2v) is 4.96. The van der Waals surface area contributed by atoms with Crippen molar-refractivity contribution >= 4 is 21.7 Å². The highest BCUT2D eigenvalue weighted by Gasteiger charge is 2.14. The summed E-state index contributed by atoms with van der Waals surface area (Å²) in [6.07, 6.45) is 0. The van der Waals surface area contributed by atoms with Gasteiger partial charge in [0.15, 0.2) is 5.78 Å². The van der Waals surface area contributed by atoms with E-state index in [9.17, 15) is 4.79 Å². The minimum absolute atomic E-state index is 0.0284. The Morgan fingerprint density at radius 1 is 1.11 bits per heavy atom. The normalized spacial score (nSPS) is 10.2. The average Bonchev–Trinajstić information content (AvgIpc) is 2.38. The van der Waals surface area contributed by atoms with Crippen molar-refractivity contribution in [3.63, 3.8) is 0 Å². The van der Waals surface area contributed by atoms with Gasteiger partial charge in [-0.05, 0) is 25.1 Å². The molecule has 2 aromatic rings. The van der Waals surface area contributed by atoms with Crippen molar-refractivity contribution in [3.05, 3.63) is 63.6 Å². The molecule has 0 saturated carbocycles. The van der Waals surface area contributed by atoms with Gasteiger partial charge in [-0.3, -0.25) is 4.79 Å². The highest BCUT2D eigenvalue weighted by molar-refractivity contribution is 9.10. The molecule has 0 aliphatic carbocycles. The van der Waals surface area contributed by atoms with Crippen LogP contribution in [0.5, 0.6) is 5.75 Å². The van der Waals surface area contributed by atoms with Crippen LogP contribution < -0.4 is 4.74 Å². The molecule has 0 N–H and O–H groups in total. The Morgan fingerprint density at radius 3 is 2.39 bits per heavy atom. The summed E-state index contributed by atoms with van der Waals surface area (Å²) in [7, 11) is 1.56. The molecule has 0 aliphatic rings. The second-order valence-electron chi connectivity index (χ2n) is 4.04. The van der Waals surface area contributed by atoms with E-state index in [0.717, 1.165) is 10.0 Å². The molecule has 0 saturated heterocycles. The van der Waals surface area contributed by atoms with Crippen LogP contribution in [0.3, 0.4) is 0 Å². The maximum Gasteiger partial charge on any atom is 0.196 e. The van der Waals surface area contributed by atoms with Crippen LogP contribution in [0, 0.1) is 6.92 Å². The van der Waals surface area contributed by atoms with E-state index >= 15 is 0 Å². The van der Waals surface area contributed by atoms with E-state index in [1.807, 2.05) is 37.3 Å². The van der Waals surface area contributed by atoms with Crippen molar-refractivity contribution < 1.29 is 9.53 Å². The van der Waals surface area contributed by atoms with E-state index in [1.165, 1.54) is 0 Å². The molecule has 0 radical (unpaired) electrons. The van der Waals surface area contributed by atoms with Crippen LogP contribution in [0.1, 0.15) is 21.5 Å². The van der Waals surface area contributed by atoms with Gasteiger partial charge in [0.25, 0.3) is 0 Å². The third-order valence-electron chi connectivity index (χ3n) is 2.72. The largest absolute Gasteiger partial charge is 0.496 e. The van der Waals surface area contributed by atoms with E-state index in [-0.39, 0.29) is 5.78 Å². The van der Waals surface area contributed by atoms with Gasteiger partial charge in [-0.2, -0.15) is 0 Å². The number of ketones is 1. The number of carbonyl (C=O) groups is 1. The summed E-state index contributed by atoms with van der Waals surface area (Å²) in [5.74, 6) is 0.550. The SMILES string of the molecule is COc1cc(Br)ccc1C(=O)c1ccc(C)cc1. The Kier molecular flexibility index (Phi) is 3.82. The zero-order chi connectivity index (χ0) is 13.1. The molecule has 0 aromatic heterocycles. The molecule has 3 heteroatoms. The van der Waals surface area contributed by atoms with Crippen molar-refractivity contribution in [2.45, 2.75) is 6.92 Å². The number of halogens is 1. The summed E-state index contributed by atoms with van der Waals surface area (Å²) < 4.78 is 6.13. The molecular formula is C15H13BrO2. The maximum absolute atomic E-state index is 12.4. The molecule has 2 rings (SSSR count). The number of methoxy groups -OCH3 is 1. The van der Waals surface area contributed by atoms with Crippen LogP contribution in [-0.2, 0) is 0 Å². The Bertz CT molecular complexity index is 574. The molecule has 2 nitrogen and oxygen atoms in total. The number of rotatable bonds is 3. The van der Waals surface area contributed by atoms with Gasteiger partial charge in [-0.15, -0.1) is 0 Å². The smallest absolute Gasteiger partial charge is 0.196 e. The van der Waals surface area contributed by atoms with Gasteiger partial charge >= 0.3 is 0 Å². The summed E-state index contributed by atoms with van der Waals surface area (Å²) in [5.41, 5.74) is 2.38. The minimum atomic E-state index is -0.0284. The van der Waals surface area contributed by atoms with Gasteiger partial charge < -0.3 is 4.74 Å². The fourth-order valence-corrected chi connectivity index (χ4v) is 2.05. The lowest BCUT2D eigenvalue weighted by Crippen LogP contribution is -2.03. The molecule has 92 valence electrons. The van der Waals surface area contributed by atoms with E-state index in [1.54, 1.807) is 19.2 Å². The summed E-state index contributed by atoms with van der Waals surface area (Å²) in [4.78, 5) is 12.4. The zero-order valence-electron chi connectivity index (χ0n) is 10.2. The van der Waals surface area contributed by atoms with E-state index in [4.69, 9.17) is 4.74 Å². The monoisotopic (exact) mass is 304 g/mol. The van der Waals surface area contributed by atoms with Gasteiger partial charge in [-0.1, -0.05) is 45.8 Å². The van der Waals surface area contributed by atoms with Crippen LogP contribution >= 0.6 is 15.9 Å². The fourth-order valence-electron chi connectivity index (χ4n) is 1.71. The molecule has 0 amide bonds. The van der Waals surface area contributed by atoms with Crippen LogP contribution in [-0.4, -0.2) is 12.9 Å². The standard InChI is InChI=1S/C15H13BrO2/c1-10-3-5-11(6-4-10)15(17)13-8-7-12(16)9-14(13)18-2/h3-9H,1-2H3. The lowest BCUT2D eigenvalue weighted by atomic mass is 10.0. The second kappa shape index (κ2) is 5.36. The lowest BCUT2D eigenvalue weighted by Gasteiger charge is -2.08.